The predicted molar refractivity (Wildman–Crippen MR) is 62.5 cm³/mol. The third-order valence-corrected chi connectivity index (χ3v) is 3.32. The lowest BCUT2D eigenvalue weighted by atomic mass is 10.1. The summed E-state index contributed by atoms with van der Waals surface area (Å²) in [6.07, 6.45) is 0.565. The number of hydrogen-bond donors (Lipinski definition) is 1. The second-order valence-corrected chi connectivity index (χ2v) is 5.05. The van der Waals surface area contributed by atoms with Gasteiger partial charge in [-0.05, 0) is 6.08 Å². The van der Waals surface area contributed by atoms with E-state index in [2.05, 4.69) is 17.5 Å². The van der Waals surface area contributed by atoms with Crippen LogP contribution in [-0.2, 0) is 4.79 Å². The van der Waals surface area contributed by atoms with Crippen molar-refractivity contribution in [3.63, 3.8) is 0 Å². The molecule has 0 bridgehead atoms. The number of nitrogens with one attached hydrogen (secondary N) is 1. The van der Waals surface area contributed by atoms with E-state index in [9.17, 15) is 26.7 Å². The van der Waals surface area contributed by atoms with Crippen molar-refractivity contribution >= 4 is 40.3 Å². The number of carbonyl (C=O) groups excluding carboxylic acids is 1. The van der Waals surface area contributed by atoms with E-state index in [4.69, 9.17) is 0 Å². The fourth-order valence-corrected chi connectivity index (χ4v) is 2.33. The van der Waals surface area contributed by atoms with Crippen LogP contribution in [0.15, 0.2) is 4.91 Å². The Bertz CT molecular complexity index is 614. The number of rotatable bonds is 1. The fourth-order valence-electron chi connectivity index (χ4n) is 1.30. The topological polar surface area (TPSA) is 29.1 Å². The molecule has 2 rings (SSSR count). The van der Waals surface area contributed by atoms with E-state index in [1.54, 1.807) is 0 Å². The highest BCUT2D eigenvalue weighted by Gasteiger charge is 2.28. The van der Waals surface area contributed by atoms with Crippen molar-refractivity contribution in [1.82, 2.24) is 5.32 Å². The summed E-state index contributed by atoms with van der Waals surface area (Å²) in [4.78, 5) is 11.0. The molecule has 1 aliphatic rings. The summed E-state index contributed by atoms with van der Waals surface area (Å²) in [5.74, 6) is -11.2. The summed E-state index contributed by atoms with van der Waals surface area (Å²) >= 11 is 5.28. The molecule has 0 radical (unpaired) electrons. The maximum absolute atomic E-state index is 13.3. The number of thioether (sulfide) groups is 1. The number of hydrogen-bond acceptors (Lipinski definition) is 3. The minimum atomic E-state index is -2.25. The van der Waals surface area contributed by atoms with E-state index in [1.807, 2.05) is 0 Å². The highest BCUT2D eigenvalue weighted by Crippen LogP contribution is 2.30. The minimum absolute atomic E-state index is 0.0279. The molecule has 1 N–H and O–H groups in total. The van der Waals surface area contributed by atoms with Gasteiger partial charge in [0.2, 0.25) is 5.82 Å². The normalized spacial score (nSPS) is 17.2. The molecule has 1 aromatic rings. The molecule has 0 spiro atoms. The Morgan fingerprint density at radius 2 is 1.42 bits per heavy atom. The average molecular weight is 311 g/mol. The smallest absolute Gasteiger partial charge is 0.263 e. The minimum Gasteiger partial charge on any atom is -0.307 e. The molecule has 100 valence electrons. The molecule has 19 heavy (non-hydrogen) atoms. The second-order valence-electron chi connectivity index (χ2n) is 3.34. The van der Waals surface area contributed by atoms with Crippen molar-refractivity contribution in [2.45, 2.75) is 0 Å². The van der Waals surface area contributed by atoms with Crippen molar-refractivity contribution in [2.24, 2.45) is 0 Å². The lowest BCUT2D eigenvalue weighted by Gasteiger charge is -2.04. The molecule has 1 heterocycles. The molecule has 2 nitrogen and oxygen atoms in total. The maximum Gasteiger partial charge on any atom is 0.263 e. The summed E-state index contributed by atoms with van der Waals surface area (Å²) in [7, 11) is 0. The van der Waals surface area contributed by atoms with Crippen molar-refractivity contribution < 1.29 is 26.7 Å². The number of thiocarbonyl (C=S) groups is 1. The number of carbonyl (C=O) groups is 1. The summed E-state index contributed by atoms with van der Waals surface area (Å²) in [5, 5.41) is 2.15. The maximum atomic E-state index is 13.3. The van der Waals surface area contributed by atoms with Crippen LogP contribution in [0.2, 0.25) is 0 Å². The van der Waals surface area contributed by atoms with Crippen LogP contribution in [0.1, 0.15) is 5.56 Å². The Kier molecular flexibility index (Phi) is 3.59. The largest absolute Gasteiger partial charge is 0.307 e. The Balaban J connectivity index is 2.62. The van der Waals surface area contributed by atoms with Crippen LogP contribution in [-0.4, -0.2) is 10.2 Å². The van der Waals surface area contributed by atoms with E-state index in [0.717, 1.165) is 0 Å². The summed E-state index contributed by atoms with van der Waals surface area (Å²) in [6.45, 7) is 0. The van der Waals surface area contributed by atoms with Crippen molar-refractivity contribution in [3.05, 3.63) is 39.6 Å². The lowest BCUT2D eigenvalue weighted by molar-refractivity contribution is -0.115. The number of amides is 1. The second kappa shape index (κ2) is 4.89. The third kappa shape index (κ3) is 2.35. The van der Waals surface area contributed by atoms with Crippen LogP contribution in [0.25, 0.3) is 6.08 Å². The van der Waals surface area contributed by atoms with Gasteiger partial charge in [0.15, 0.2) is 23.3 Å². The van der Waals surface area contributed by atoms with Crippen LogP contribution in [0, 0.1) is 29.1 Å². The SMILES string of the molecule is O=C1NC(=S)S/C1=C/c1c(F)c(F)c(F)c(F)c1F. The Morgan fingerprint density at radius 3 is 1.84 bits per heavy atom. The van der Waals surface area contributed by atoms with Gasteiger partial charge >= 0.3 is 0 Å². The quantitative estimate of drug-likeness (QED) is 0.284. The molecule has 1 saturated heterocycles. The van der Waals surface area contributed by atoms with Gasteiger partial charge in [0.25, 0.3) is 5.91 Å². The fraction of sp³-hybridized carbons (Fsp3) is 0. The number of halogens is 5. The zero-order valence-corrected chi connectivity index (χ0v) is 10.3. The highest BCUT2D eigenvalue weighted by atomic mass is 32.2. The van der Waals surface area contributed by atoms with E-state index in [0.29, 0.717) is 17.8 Å². The molecule has 0 atom stereocenters. The van der Waals surface area contributed by atoms with Crippen molar-refractivity contribution in [3.8, 4) is 0 Å². The molecular formula is C10H2F5NOS2. The third-order valence-electron chi connectivity index (χ3n) is 2.16. The van der Waals surface area contributed by atoms with Gasteiger partial charge in [0.1, 0.15) is 4.32 Å². The predicted octanol–water partition coefficient (Wildman–Crippen LogP) is 2.87. The Labute approximate surface area is 112 Å². The monoisotopic (exact) mass is 311 g/mol. The molecular weight excluding hydrogens is 309 g/mol. The average Bonchev–Trinajstić information content (AvgIpc) is 2.68. The van der Waals surface area contributed by atoms with Crippen LogP contribution >= 0.6 is 24.0 Å². The van der Waals surface area contributed by atoms with E-state index < -0.39 is 40.6 Å². The standard InChI is InChI=1S/C10H2F5NOS2/c11-4-2(1-3-9(17)16-10(18)19-3)5(12)7(14)8(15)6(4)13/h1H,(H,16,17,18)/b3-1+. The van der Waals surface area contributed by atoms with E-state index >= 15 is 0 Å². The number of benzene rings is 1. The Hall–Kier alpha value is -1.48. The van der Waals surface area contributed by atoms with Gasteiger partial charge in [-0.3, -0.25) is 4.79 Å². The van der Waals surface area contributed by atoms with Gasteiger partial charge in [-0.1, -0.05) is 24.0 Å². The first kappa shape index (κ1) is 13.9. The van der Waals surface area contributed by atoms with E-state index in [-0.39, 0.29) is 9.23 Å². The van der Waals surface area contributed by atoms with Gasteiger partial charge in [-0.25, -0.2) is 22.0 Å². The Morgan fingerprint density at radius 1 is 0.947 bits per heavy atom. The summed E-state index contributed by atoms with van der Waals surface area (Å²) in [5.41, 5.74) is -1.18. The first-order chi connectivity index (χ1) is 8.82. The molecule has 0 unspecified atom stereocenters. The van der Waals surface area contributed by atoms with Gasteiger partial charge in [0.05, 0.1) is 10.5 Å². The molecule has 1 amide bonds. The molecule has 1 aromatic carbocycles. The van der Waals surface area contributed by atoms with Crippen LogP contribution < -0.4 is 5.32 Å². The molecule has 1 aliphatic heterocycles. The first-order valence-corrected chi connectivity index (χ1v) is 5.81. The van der Waals surface area contributed by atoms with Crippen LogP contribution in [0.3, 0.4) is 0 Å². The first-order valence-electron chi connectivity index (χ1n) is 4.59. The van der Waals surface area contributed by atoms with Crippen LogP contribution in [0.4, 0.5) is 22.0 Å². The van der Waals surface area contributed by atoms with Crippen LogP contribution in [0.5, 0.6) is 0 Å². The molecule has 1 fully saturated rings. The van der Waals surface area contributed by atoms with Gasteiger partial charge in [-0.15, -0.1) is 0 Å². The van der Waals surface area contributed by atoms with E-state index in [1.165, 1.54) is 0 Å². The highest BCUT2D eigenvalue weighted by molar-refractivity contribution is 8.26. The van der Waals surface area contributed by atoms with Crippen molar-refractivity contribution in [1.29, 1.82) is 0 Å². The molecule has 0 aliphatic carbocycles. The summed E-state index contributed by atoms with van der Waals surface area (Å²) < 4.78 is 65.4. The molecule has 0 saturated carbocycles. The molecule has 9 heteroatoms. The lowest BCUT2D eigenvalue weighted by Crippen LogP contribution is -2.17. The van der Waals surface area contributed by atoms with Gasteiger partial charge in [-0.2, -0.15) is 0 Å². The van der Waals surface area contributed by atoms with Gasteiger partial charge < -0.3 is 5.32 Å². The molecule has 0 aromatic heterocycles. The zero-order valence-electron chi connectivity index (χ0n) is 8.69. The van der Waals surface area contributed by atoms with Crippen molar-refractivity contribution in [2.75, 3.05) is 0 Å². The van der Waals surface area contributed by atoms with Gasteiger partial charge in [0, 0.05) is 0 Å². The zero-order chi connectivity index (χ0) is 14.3. The summed E-state index contributed by atoms with van der Waals surface area (Å²) in [6, 6.07) is 0.